The van der Waals surface area contributed by atoms with Crippen molar-refractivity contribution in [3.63, 3.8) is 0 Å². The number of para-hydroxylation sites is 1. The topological polar surface area (TPSA) is 39.1 Å². The zero-order chi connectivity index (χ0) is 13.0. The molecule has 0 amide bonds. The molecule has 0 saturated carbocycles. The molecule has 1 aliphatic heterocycles. The molecule has 0 saturated heterocycles. The van der Waals surface area contributed by atoms with E-state index >= 15 is 0 Å². The maximum atomic E-state index is 12.7. The average molecular weight is 267 g/mol. The molecule has 2 heterocycles. The lowest BCUT2D eigenvalue weighted by molar-refractivity contribution is 0.102. The quantitative estimate of drug-likeness (QED) is 0.491. The Bertz CT molecular complexity index is 863. The van der Waals surface area contributed by atoms with E-state index in [1.54, 1.807) is 28.2 Å². The SMILES string of the molecule is O=C1c2ccccc2S(=O)n2c1cc1ccccc12. The van der Waals surface area contributed by atoms with Crippen molar-refractivity contribution in [1.82, 2.24) is 3.97 Å². The summed E-state index contributed by atoms with van der Waals surface area (Å²) in [6, 6.07) is 16.5. The number of carbonyl (C=O) groups excluding carboxylic acids is 1. The molecule has 1 atom stereocenters. The van der Waals surface area contributed by atoms with E-state index in [1.165, 1.54) is 0 Å². The van der Waals surface area contributed by atoms with Crippen molar-refractivity contribution in [2.24, 2.45) is 0 Å². The van der Waals surface area contributed by atoms with Gasteiger partial charge < -0.3 is 0 Å². The smallest absolute Gasteiger partial charge is 0.211 e. The molecule has 1 unspecified atom stereocenters. The fraction of sp³-hybridized carbons (Fsp3) is 0. The zero-order valence-corrected chi connectivity index (χ0v) is 10.7. The second-order valence-corrected chi connectivity index (χ2v) is 5.76. The second-order valence-electron chi connectivity index (χ2n) is 4.46. The highest BCUT2D eigenvalue weighted by Crippen LogP contribution is 2.31. The van der Waals surface area contributed by atoms with Crippen molar-refractivity contribution in [1.29, 1.82) is 0 Å². The molecule has 0 fully saturated rings. The number of benzene rings is 2. The Kier molecular flexibility index (Phi) is 2.05. The Balaban J connectivity index is 2.14. The van der Waals surface area contributed by atoms with E-state index < -0.39 is 11.0 Å². The van der Waals surface area contributed by atoms with E-state index in [0.717, 1.165) is 10.9 Å². The van der Waals surface area contributed by atoms with Crippen molar-refractivity contribution in [3.8, 4) is 0 Å². The summed E-state index contributed by atoms with van der Waals surface area (Å²) in [5.74, 6) is -0.0635. The Morgan fingerprint density at radius 2 is 1.68 bits per heavy atom. The molecule has 19 heavy (non-hydrogen) atoms. The molecule has 0 aliphatic carbocycles. The monoisotopic (exact) mass is 267 g/mol. The molecule has 1 aliphatic rings. The molecular formula is C15H9NO2S. The zero-order valence-electron chi connectivity index (χ0n) is 9.87. The summed E-state index contributed by atoms with van der Waals surface area (Å²) >= 11 is 0. The van der Waals surface area contributed by atoms with Crippen LogP contribution in [0.5, 0.6) is 0 Å². The first kappa shape index (κ1) is 10.7. The van der Waals surface area contributed by atoms with Gasteiger partial charge >= 0.3 is 0 Å². The van der Waals surface area contributed by atoms with Gasteiger partial charge in [0.25, 0.3) is 0 Å². The Labute approximate surface area is 112 Å². The molecule has 3 nitrogen and oxygen atoms in total. The van der Waals surface area contributed by atoms with Gasteiger partial charge in [0.2, 0.25) is 5.78 Å². The maximum absolute atomic E-state index is 12.7. The molecule has 2 aromatic carbocycles. The highest BCUT2D eigenvalue weighted by atomic mass is 32.2. The van der Waals surface area contributed by atoms with Crippen LogP contribution >= 0.6 is 0 Å². The van der Waals surface area contributed by atoms with Crippen LogP contribution in [-0.4, -0.2) is 14.0 Å². The fourth-order valence-electron chi connectivity index (χ4n) is 2.51. The minimum atomic E-state index is -1.36. The number of carbonyl (C=O) groups is 1. The lowest BCUT2D eigenvalue weighted by Crippen LogP contribution is -2.21. The first-order chi connectivity index (χ1) is 9.27. The maximum Gasteiger partial charge on any atom is 0.211 e. The van der Waals surface area contributed by atoms with Crippen LogP contribution in [0, 0.1) is 0 Å². The van der Waals surface area contributed by atoms with Crippen LogP contribution < -0.4 is 0 Å². The first-order valence-electron chi connectivity index (χ1n) is 5.94. The van der Waals surface area contributed by atoms with Crippen molar-refractivity contribution >= 4 is 27.7 Å². The molecule has 92 valence electrons. The second kappa shape index (κ2) is 3.65. The number of rotatable bonds is 0. The minimum absolute atomic E-state index is 0.0635. The van der Waals surface area contributed by atoms with Crippen LogP contribution in [0.2, 0.25) is 0 Å². The van der Waals surface area contributed by atoms with E-state index in [1.807, 2.05) is 30.3 Å². The van der Waals surface area contributed by atoms with E-state index in [-0.39, 0.29) is 5.78 Å². The summed E-state index contributed by atoms with van der Waals surface area (Å²) in [5, 5.41) is 0.937. The predicted octanol–water partition coefficient (Wildman–Crippen LogP) is 2.76. The van der Waals surface area contributed by atoms with Gasteiger partial charge in [-0.25, -0.2) is 4.21 Å². The Hall–Kier alpha value is -2.20. The van der Waals surface area contributed by atoms with Crippen molar-refractivity contribution < 1.29 is 9.00 Å². The van der Waals surface area contributed by atoms with Gasteiger partial charge in [0.05, 0.1) is 10.4 Å². The van der Waals surface area contributed by atoms with Crippen molar-refractivity contribution in [2.45, 2.75) is 4.90 Å². The predicted molar refractivity (Wildman–Crippen MR) is 73.6 cm³/mol. The molecule has 0 spiro atoms. The molecule has 0 bridgehead atoms. The Morgan fingerprint density at radius 1 is 0.947 bits per heavy atom. The molecule has 0 radical (unpaired) electrons. The summed E-state index contributed by atoms with van der Waals surface area (Å²) in [6.45, 7) is 0. The van der Waals surface area contributed by atoms with Gasteiger partial charge in [-0.1, -0.05) is 30.3 Å². The summed E-state index contributed by atoms with van der Waals surface area (Å²) in [6.07, 6.45) is 0. The van der Waals surface area contributed by atoms with Gasteiger partial charge in [-0.05, 0) is 24.3 Å². The normalized spacial score (nSPS) is 17.3. The lowest BCUT2D eigenvalue weighted by Gasteiger charge is -2.17. The number of aromatic nitrogens is 1. The third kappa shape index (κ3) is 1.32. The number of nitrogens with zero attached hydrogens (tertiary/aromatic N) is 1. The molecular weight excluding hydrogens is 258 g/mol. The van der Waals surface area contributed by atoms with E-state index in [0.29, 0.717) is 16.2 Å². The van der Waals surface area contributed by atoms with Crippen LogP contribution in [0.3, 0.4) is 0 Å². The molecule has 4 heteroatoms. The van der Waals surface area contributed by atoms with Crippen LogP contribution in [0.15, 0.2) is 59.5 Å². The van der Waals surface area contributed by atoms with Gasteiger partial charge in [0, 0.05) is 10.9 Å². The van der Waals surface area contributed by atoms with Crippen LogP contribution in [0.1, 0.15) is 16.1 Å². The van der Waals surface area contributed by atoms with Gasteiger partial charge in [-0.15, -0.1) is 0 Å². The highest BCUT2D eigenvalue weighted by molar-refractivity contribution is 7.84. The highest BCUT2D eigenvalue weighted by Gasteiger charge is 2.29. The number of hydrogen-bond acceptors (Lipinski definition) is 2. The van der Waals surface area contributed by atoms with Crippen LogP contribution in [0.25, 0.3) is 10.9 Å². The Morgan fingerprint density at radius 3 is 2.58 bits per heavy atom. The molecule has 0 N–H and O–H groups in total. The number of ketones is 1. The van der Waals surface area contributed by atoms with E-state index in [4.69, 9.17) is 0 Å². The number of fused-ring (bicyclic) bond motifs is 4. The van der Waals surface area contributed by atoms with E-state index in [9.17, 15) is 9.00 Å². The van der Waals surface area contributed by atoms with Crippen molar-refractivity contribution in [2.75, 3.05) is 0 Å². The fourth-order valence-corrected chi connectivity index (χ4v) is 3.91. The van der Waals surface area contributed by atoms with Gasteiger partial charge in [0.1, 0.15) is 5.69 Å². The standard InChI is InChI=1S/C15H9NO2S/c17-15-11-6-2-4-8-14(11)19(18)16-12-7-3-1-5-10(12)9-13(15)16/h1-9H. The first-order valence-corrected chi connectivity index (χ1v) is 7.04. The lowest BCUT2D eigenvalue weighted by atomic mass is 10.1. The van der Waals surface area contributed by atoms with Crippen LogP contribution in [0.4, 0.5) is 0 Å². The van der Waals surface area contributed by atoms with E-state index in [2.05, 4.69) is 0 Å². The third-order valence-corrected chi connectivity index (χ3v) is 4.84. The molecule has 4 rings (SSSR count). The van der Waals surface area contributed by atoms with Crippen LogP contribution in [-0.2, 0) is 11.0 Å². The molecule has 3 aromatic rings. The summed E-state index contributed by atoms with van der Waals surface area (Å²) in [5.41, 5.74) is 1.87. The van der Waals surface area contributed by atoms with Gasteiger partial charge in [-0.2, -0.15) is 0 Å². The average Bonchev–Trinajstić information content (AvgIpc) is 2.84. The van der Waals surface area contributed by atoms with Gasteiger partial charge in [0.15, 0.2) is 11.0 Å². The third-order valence-electron chi connectivity index (χ3n) is 3.38. The van der Waals surface area contributed by atoms with Crippen molar-refractivity contribution in [3.05, 3.63) is 65.9 Å². The summed E-state index contributed by atoms with van der Waals surface area (Å²) in [4.78, 5) is 13.1. The largest absolute Gasteiger partial charge is 0.287 e. The van der Waals surface area contributed by atoms with Gasteiger partial charge in [-0.3, -0.25) is 8.77 Å². The summed E-state index contributed by atoms with van der Waals surface area (Å²) in [7, 11) is -1.36. The minimum Gasteiger partial charge on any atom is -0.287 e. The summed E-state index contributed by atoms with van der Waals surface area (Å²) < 4.78 is 14.3. The number of hydrogen-bond donors (Lipinski definition) is 0. The molecule has 1 aromatic heterocycles.